The first-order valence-corrected chi connectivity index (χ1v) is 15.9. The minimum absolute atomic E-state index is 1.10. The fourth-order valence-electron chi connectivity index (χ4n) is 5.33. The van der Waals surface area contributed by atoms with Gasteiger partial charge in [-0.3, -0.25) is 0 Å². The third-order valence-electron chi connectivity index (χ3n) is 7.66. The Morgan fingerprint density at radius 1 is 0.528 bits per heavy atom. The normalized spacial score (nSPS) is 11.4. The summed E-state index contributed by atoms with van der Waals surface area (Å²) in [6.07, 6.45) is 32.2. The summed E-state index contributed by atoms with van der Waals surface area (Å²) in [6.45, 7) is 5.75. The van der Waals surface area contributed by atoms with Crippen molar-refractivity contribution in [3.8, 4) is 0 Å². The maximum absolute atomic E-state index is 5.10. The summed E-state index contributed by atoms with van der Waals surface area (Å²) in [6, 6.07) is 10.9. The molecule has 2 heteroatoms. The van der Waals surface area contributed by atoms with Crippen LogP contribution in [0.2, 0.25) is 0 Å². The summed E-state index contributed by atoms with van der Waals surface area (Å²) in [4.78, 5) is 5.10. The lowest BCUT2D eigenvalue weighted by atomic mass is 10.0. The van der Waals surface area contributed by atoms with Crippen molar-refractivity contribution in [1.29, 1.82) is 0 Å². The Morgan fingerprint density at radius 3 is 1.64 bits per heavy atom. The second-order valence-electron chi connectivity index (χ2n) is 11.1. The Morgan fingerprint density at radius 2 is 1.06 bits per heavy atom. The van der Waals surface area contributed by atoms with Gasteiger partial charge in [-0.1, -0.05) is 147 Å². The van der Waals surface area contributed by atoms with Crippen LogP contribution in [0.25, 0.3) is 0 Å². The molecule has 0 aliphatic carbocycles. The maximum atomic E-state index is 5.10. The minimum atomic E-state index is 1.10. The van der Waals surface area contributed by atoms with Crippen LogP contribution in [0.4, 0.5) is 0 Å². The lowest BCUT2D eigenvalue weighted by Crippen LogP contribution is -2.03. The molecule has 2 aromatic rings. The van der Waals surface area contributed by atoms with Gasteiger partial charge in [-0.05, 0) is 37.7 Å². The van der Waals surface area contributed by atoms with E-state index in [2.05, 4.69) is 54.9 Å². The van der Waals surface area contributed by atoms with E-state index in [1.165, 1.54) is 139 Å². The number of aryl methyl sites for hydroxylation is 4. The molecule has 2 rings (SSSR count). The van der Waals surface area contributed by atoms with Gasteiger partial charge in [0.15, 0.2) is 0 Å². The first-order chi connectivity index (χ1) is 17.8. The van der Waals surface area contributed by atoms with Crippen LogP contribution in [0.3, 0.4) is 0 Å². The summed E-state index contributed by atoms with van der Waals surface area (Å²) in [5, 5.41) is 0. The van der Waals surface area contributed by atoms with Crippen molar-refractivity contribution in [2.24, 2.45) is 0 Å². The Bertz CT molecular complexity index is 733. The van der Waals surface area contributed by atoms with Gasteiger partial charge in [0.2, 0.25) is 0 Å². The Balaban J connectivity index is 1.59. The zero-order chi connectivity index (χ0) is 25.5. The van der Waals surface area contributed by atoms with Crippen LogP contribution in [-0.4, -0.2) is 9.55 Å². The smallest absolute Gasteiger partial charge is 0.108 e. The number of unbranched alkanes of at least 4 members (excludes halogenated alkanes) is 16. The predicted molar refractivity (Wildman–Crippen MR) is 159 cm³/mol. The van der Waals surface area contributed by atoms with Gasteiger partial charge in [0, 0.05) is 19.2 Å². The Labute approximate surface area is 224 Å². The molecule has 0 atom stereocenters. The largest absolute Gasteiger partial charge is 0.335 e. The number of rotatable bonds is 24. The van der Waals surface area contributed by atoms with Crippen molar-refractivity contribution >= 4 is 0 Å². The fraction of sp³-hybridized carbons (Fsp3) is 0.735. The van der Waals surface area contributed by atoms with Crippen LogP contribution in [0.15, 0.2) is 36.5 Å². The van der Waals surface area contributed by atoms with Crippen molar-refractivity contribution in [3.63, 3.8) is 0 Å². The van der Waals surface area contributed by atoms with Crippen LogP contribution in [0.5, 0.6) is 0 Å². The summed E-state index contributed by atoms with van der Waals surface area (Å²) in [7, 11) is 0. The van der Waals surface area contributed by atoms with E-state index in [1.54, 1.807) is 0 Å². The van der Waals surface area contributed by atoms with Crippen molar-refractivity contribution in [2.45, 2.75) is 162 Å². The van der Waals surface area contributed by atoms with E-state index in [0.717, 1.165) is 25.8 Å². The predicted octanol–water partition coefficient (Wildman–Crippen LogP) is 10.7. The van der Waals surface area contributed by atoms with Gasteiger partial charge >= 0.3 is 0 Å². The second-order valence-corrected chi connectivity index (χ2v) is 11.1. The van der Waals surface area contributed by atoms with Crippen molar-refractivity contribution in [3.05, 3.63) is 53.6 Å². The standard InChI is InChI=1S/C34H58N2/c1-3-5-7-9-10-11-12-13-14-15-16-17-18-22-29-34-35-33(31-36(34)30-23-8-6-4-2)28-24-27-32-25-20-19-21-26-32/h19-21,25-26,31H,3-18,22-24,27-30H2,1-2H3. The minimum Gasteiger partial charge on any atom is -0.335 e. The molecule has 0 fully saturated rings. The van der Waals surface area contributed by atoms with Crippen LogP contribution >= 0.6 is 0 Å². The molecule has 0 N–H and O–H groups in total. The second kappa shape index (κ2) is 21.5. The van der Waals surface area contributed by atoms with Gasteiger partial charge in [-0.2, -0.15) is 0 Å². The van der Waals surface area contributed by atoms with E-state index in [-0.39, 0.29) is 0 Å². The average molecular weight is 495 g/mol. The average Bonchev–Trinajstić information content (AvgIpc) is 3.29. The number of hydrogen-bond acceptors (Lipinski definition) is 1. The van der Waals surface area contributed by atoms with E-state index in [1.807, 2.05) is 0 Å². The van der Waals surface area contributed by atoms with E-state index in [4.69, 9.17) is 4.98 Å². The van der Waals surface area contributed by atoms with Gasteiger partial charge in [-0.15, -0.1) is 0 Å². The molecular formula is C34H58N2. The fourth-order valence-corrected chi connectivity index (χ4v) is 5.33. The molecule has 0 radical (unpaired) electrons. The molecule has 0 saturated heterocycles. The van der Waals surface area contributed by atoms with Crippen LogP contribution in [0, 0.1) is 0 Å². The van der Waals surface area contributed by atoms with E-state index in [0.29, 0.717) is 0 Å². The lowest BCUT2D eigenvalue weighted by Gasteiger charge is -2.08. The molecule has 1 aromatic carbocycles. The number of benzene rings is 1. The summed E-state index contributed by atoms with van der Waals surface area (Å²) >= 11 is 0. The molecule has 1 heterocycles. The molecule has 0 unspecified atom stereocenters. The van der Waals surface area contributed by atoms with Gasteiger partial charge in [0.25, 0.3) is 0 Å². The lowest BCUT2D eigenvalue weighted by molar-refractivity contribution is 0.528. The number of hydrogen-bond donors (Lipinski definition) is 0. The molecule has 0 amide bonds. The molecule has 36 heavy (non-hydrogen) atoms. The van der Waals surface area contributed by atoms with Gasteiger partial charge in [0.05, 0.1) is 5.69 Å². The number of nitrogens with zero attached hydrogens (tertiary/aromatic N) is 2. The molecule has 0 bridgehead atoms. The van der Waals surface area contributed by atoms with Gasteiger partial charge < -0.3 is 4.57 Å². The zero-order valence-electron chi connectivity index (χ0n) is 24.1. The third kappa shape index (κ3) is 14.9. The van der Waals surface area contributed by atoms with Crippen molar-refractivity contribution < 1.29 is 0 Å². The first kappa shape index (κ1) is 30.7. The van der Waals surface area contributed by atoms with E-state index < -0.39 is 0 Å². The molecule has 2 nitrogen and oxygen atoms in total. The highest BCUT2D eigenvalue weighted by Gasteiger charge is 2.08. The van der Waals surface area contributed by atoms with Crippen molar-refractivity contribution in [1.82, 2.24) is 9.55 Å². The topological polar surface area (TPSA) is 17.8 Å². The highest BCUT2D eigenvalue weighted by molar-refractivity contribution is 5.15. The summed E-state index contributed by atoms with van der Waals surface area (Å²) < 4.78 is 2.50. The molecule has 0 aliphatic rings. The quantitative estimate of drug-likeness (QED) is 0.133. The van der Waals surface area contributed by atoms with Gasteiger partial charge in [0.1, 0.15) is 5.82 Å². The maximum Gasteiger partial charge on any atom is 0.108 e. The van der Waals surface area contributed by atoms with E-state index in [9.17, 15) is 0 Å². The summed E-state index contributed by atoms with van der Waals surface area (Å²) in [5.74, 6) is 1.35. The zero-order valence-corrected chi connectivity index (χ0v) is 24.1. The van der Waals surface area contributed by atoms with Crippen molar-refractivity contribution in [2.75, 3.05) is 0 Å². The van der Waals surface area contributed by atoms with Crippen LogP contribution in [0.1, 0.15) is 153 Å². The Hall–Kier alpha value is -1.57. The Kier molecular flexibility index (Phi) is 18.3. The SMILES string of the molecule is CCCCCCCCCCCCCCCCc1nc(CCCc2ccccc2)cn1CCCCCC. The first-order valence-electron chi connectivity index (χ1n) is 15.9. The third-order valence-corrected chi connectivity index (χ3v) is 7.66. The van der Waals surface area contributed by atoms with Crippen LogP contribution < -0.4 is 0 Å². The molecule has 0 spiro atoms. The summed E-state index contributed by atoms with van der Waals surface area (Å²) in [5.41, 5.74) is 2.75. The number of imidazole rings is 1. The highest BCUT2D eigenvalue weighted by Crippen LogP contribution is 2.16. The molecule has 1 aromatic heterocycles. The van der Waals surface area contributed by atoms with Gasteiger partial charge in [-0.25, -0.2) is 4.98 Å². The number of aromatic nitrogens is 2. The van der Waals surface area contributed by atoms with E-state index >= 15 is 0 Å². The van der Waals surface area contributed by atoms with Crippen LogP contribution in [-0.2, 0) is 25.8 Å². The molecule has 0 aliphatic heterocycles. The molecule has 204 valence electrons. The molecular weight excluding hydrogens is 436 g/mol. The monoisotopic (exact) mass is 494 g/mol. The molecule has 0 saturated carbocycles. The highest BCUT2D eigenvalue weighted by atomic mass is 15.1.